The first-order valence-corrected chi connectivity index (χ1v) is 6.90. The van der Waals surface area contributed by atoms with Gasteiger partial charge in [0.2, 0.25) is 0 Å². The van der Waals surface area contributed by atoms with Gasteiger partial charge in [-0.25, -0.2) is 0 Å². The summed E-state index contributed by atoms with van der Waals surface area (Å²) in [7, 11) is 0. The Morgan fingerprint density at radius 3 is 2.33 bits per heavy atom. The third kappa shape index (κ3) is 3.49. The maximum absolute atomic E-state index is 9.63. The molecule has 0 amide bonds. The Hall–Kier alpha value is -1.02. The normalized spacial score (nSPS) is 24.9. The van der Waals surface area contributed by atoms with Crippen molar-refractivity contribution in [2.75, 3.05) is 0 Å². The number of ether oxygens (including phenoxy) is 1. The summed E-state index contributed by atoms with van der Waals surface area (Å²) in [6, 6.07) is 8.35. The maximum Gasteiger partial charge on any atom is 0.119 e. The molecule has 0 spiro atoms. The van der Waals surface area contributed by atoms with Crippen molar-refractivity contribution < 1.29 is 9.84 Å². The van der Waals surface area contributed by atoms with Crippen molar-refractivity contribution in [2.45, 2.75) is 64.1 Å². The summed E-state index contributed by atoms with van der Waals surface area (Å²) >= 11 is 0. The predicted octanol–water partition coefficient (Wildman–Crippen LogP) is 3.67. The number of aliphatic hydroxyl groups is 1. The Kier molecular flexibility index (Phi) is 3.96. The number of benzene rings is 1. The summed E-state index contributed by atoms with van der Waals surface area (Å²) < 4.78 is 5.93. The van der Waals surface area contributed by atoms with Crippen LogP contribution < -0.4 is 4.74 Å². The van der Waals surface area contributed by atoms with Crippen molar-refractivity contribution in [3.8, 4) is 5.75 Å². The molecule has 1 aliphatic rings. The van der Waals surface area contributed by atoms with E-state index >= 15 is 0 Å². The zero-order valence-corrected chi connectivity index (χ0v) is 11.6. The van der Waals surface area contributed by atoms with Crippen molar-refractivity contribution in [1.29, 1.82) is 0 Å². The molecule has 18 heavy (non-hydrogen) atoms. The Morgan fingerprint density at radius 1 is 1.11 bits per heavy atom. The van der Waals surface area contributed by atoms with Gasteiger partial charge in [-0.2, -0.15) is 0 Å². The minimum Gasteiger partial charge on any atom is -0.490 e. The molecule has 0 bridgehead atoms. The first-order valence-electron chi connectivity index (χ1n) is 6.90. The number of hydrogen-bond acceptors (Lipinski definition) is 2. The lowest BCUT2D eigenvalue weighted by molar-refractivity contribution is 0.0536. The molecule has 1 aliphatic carbocycles. The minimum absolute atomic E-state index is 0.175. The molecular weight excluding hydrogens is 224 g/mol. The zero-order valence-electron chi connectivity index (χ0n) is 11.6. The topological polar surface area (TPSA) is 29.5 Å². The van der Waals surface area contributed by atoms with Gasteiger partial charge >= 0.3 is 0 Å². The predicted molar refractivity (Wildman–Crippen MR) is 74.0 cm³/mol. The van der Waals surface area contributed by atoms with Crippen LogP contribution in [0.3, 0.4) is 0 Å². The Morgan fingerprint density at radius 2 is 1.78 bits per heavy atom. The smallest absolute Gasteiger partial charge is 0.119 e. The molecule has 2 nitrogen and oxygen atoms in total. The summed E-state index contributed by atoms with van der Waals surface area (Å²) in [5.41, 5.74) is 1.50. The Bertz CT molecular complexity index is 375. The molecular formula is C16H24O2. The monoisotopic (exact) mass is 248 g/mol. The van der Waals surface area contributed by atoms with Crippen LogP contribution in [-0.2, 0) is 5.41 Å². The lowest BCUT2D eigenvalue weighted by Crippen LogP contribution is -2.28. The van der Waals surface area contributed by atoms with Crippen molar-refractivity contribution in [3.63, 3.8) is 0 Å². The Balaban J connectivity index is 1.98. The van der Waals surface area contributed by atoms with Crippen molar-refractivity contribution >= 4 is 0 Å². The minimum atomic E-state index is -0.183. The average Bonchev–Trinajstić information content (AvgIpc) is 2.28. The second-order valence-corrected chi connectivity index (χ2v) is 6.33. The highest BCUT2D eigenvalue weighted by molar-refractivity contribution is 5.31. The van der Waals surface area contributed by atoms with Gasteiger partial charge < -0.3 is 9.84 Å². The van der Waals surface area contributed by atoms with E-state index < -0.39 is 0 Å². The summed E-state index contributed by atoms with van der Waals surface area (Å²) in [5, 5.41) is 9.63. The molecule has 1 aromatic rings. The van der Waals surface area contributed by atoms with E-state index in [1.54, 1.807) is 0 Å². The fraction of sp³-hybridized carbons (Fsp3) is 0.625. The quantitative estimate of drug-likeness (QED) is 0.865. The fourth-order valence-electron chi connectivity index (χ4n) is 2.45. The van der Waals surface area contributed by atoms with Crippen LogP contribution in [0.5, 0.6) is 5.75 Å². The van der Waals surface area contributed by atoms with E-state index in [9.17, 15) is 5.11 Å². The molecule has 2 rings (SSSR count). The molecule has 0 heterocycles. The summed E-state index contributed by atoms with van der Waals surface area (Å²) in [4.78, 5) is 0. The molecule has 2 heteroatoms. The van der Waals surface area contributed by atoms with Gasteiger partial charge in [-0.15, -0.1) is 0 Å². The lowest BCUT2D eigenvalue weighted by atomic mass is 9.87. The van der Waals surface area contributed by atoms with E-state index in [1.165, 1.54) is 5.56 Å². The van der Waals surface area contributed by atoms with Crippen LogP contribution in [0, 0.1) is 0 Å². The van der Waals surface area contributed by atoms with Crippen molar-refractivity contribution in [3.05, 3.63) is 29.8 Å². The molecule has 1 aromatic carbocycles. The largest absolute Gasteiger partial charge is 0.490 e. The van der Waals surface area contributed by atoms with Gasteiger partial charge in [0.15, 0.2) is 0 Å². The molecule has 100 valence electrons. The van der Waals surface area contributed by atoms with Crippen LogP contribution in [0.2, 0.25) is 0 Å². The van der Waals surface area contributed by atoms with Gasteiger partial charge in [-0.3, -0.25) is 0 Å². The second-order valence-electron chi connectivity index (χ2n) is 6.33. The first kappa shape index (κ1) is 13.4. The van der Waals surface area contributed by atoms with E-state index in [4.69, 9.17) is 4.74 Å². The van der Waals surface area contributed by atoms with Crippen LogP contribution in [0.4, 0.5) is 0 Å². The van der Waals surface area contributed by atoms with Crippen LogP contribution in [0.25, 0.3) is 0 Å². The number of rotatable bonds is 2. The highest BCUT2D eigenvalue weighted by Gasteiger charge is 2.21. The molecule has 0 aliphatic heterocycles. The molecule has 2 unspecified atom stereocenters. The molecule has 1 N–H and O–H groups in total. The highest BCUT2D eigenvalue weighted by Crippen LogP contribution is 2.27. The lowest BCUT2D eigenvalue weighted by Gasteiger charge is -2.27. The van der Waals surface area contributed by atoms with Gasteiger partial charge in [-0.1, -0.05) is 32.9 Å². The van der Waals surface area contributed by atoms with Crippen LogP contribution in [0.1, 0.15) is 52.0 Å². The van der Waals surface area contributed by atoms with E-state index in [2.05, 4.69) is 32.9 Å². The molecule has 1 fully saturated rings. The third-order valence-electron chi connectivity index (χ3n) is 3.62. The second kappa shape index (κ2) is 5.31. The molecule has 0 aromatic heterocycles. The summed E-state index contributed by atoms with van der Waals surface area (Å²) in [6.45, 7) is 6.63. The maximum atomic E-state index is 9.63. The highest BCUT2D eigenvalue weighted by atomic mass is 16.5. The van der Waals surface area contributed by atoms with Crippen LogP contribution in [0.15, 0.2) is 24.3 Å². The summed E-state index contributed by atoms with van der Waals surface area (Å²) in [6.07, 6.45) is 3.79. The van der Waals surface area contributed by atoms with Gasteiger partial charge in [0.25, 0.3) is 0 Å². The molecule has 1 saturated carbocycles. The van der Waals surface area contributed by atoms with Gasteiger partial charge in [0.05, 0.1) is 6.10 Å². The summed E-state index contributed by atoms with van der Waals surface area (Å²) in [5.74, 6) is 0.919. The standard InChI is InChI=1S/C16H24O2/c1-16(2,3)12-7-9-14(10-8-12)18-15-6-4-5-13(17)11-15/h7-10,13,15,17H,4-6,11H2,1-3H3. The van der Waals surface area contributed by atoms with Crippen molar-refractivity contribution in [2.24, 2.45) is 0 Å². The van der Waals surface area contributed by atoms with Crippen LogP contribution >= 0.6 is 0 Å². The van der Waals surface area contributed by atoms with E-state index in [0.717, 1.165) is 31.4 Å². The molecule has 0 saturated heterocycles. The molecule has 2 atom stereocenters. The van der Waals surface area contributed by atoms with E-state index in [0.29, 0.717) is 0 Å². The van der Waals surface area contributed by atoms with Crippen molar-refractivity contribution in [1.82, 2.24) is 0 Å². The number of hydrogen-bond donors (Lipinski definition) is 1. The fourth-order valence-corrected chi connectivity index (χ4v) is 2.45. The third-order valence-corrected chi connectivity index (χ3v) is 3.62. The SMILES string of the molecule is CC(C)(C)c1ccc(OC2CCCC(O)C2)cc1. The van der Waals surface area contributed by atoms with E-state index in [-0.39, 0.29) is 17.6 Å². The van der Waals surface area contributed by atoms with Gasteiger partial charge in [0.1, 0.15) is 11.9 Å². The van der Waals surface area contributed by atoms with Gasteiger partial charge in [-0.05, 0) is 42.4 Å². The Labute approximate surface area is 110 Å². The zero-order chi connectivity index (χ0) is 13.2. The first-order chi connectivity index (χ1) is 8.45. The average molecular weight is 248 g/mol. The van der Waals surface area contributed by atoms with Crippen LogP contribution in [-0.4, -0.2) is 17.3 Å². The number of aliphatic hydroxyl groups excluding tert-OH is 1. The molecule has 0 radical (unpaired) electrons. The van der Waals surface area contributed by atoms with Gasteiger partial charge in [0, 0.05) is 6.42 Å². The van der Waals surface area contributed by atoms with E-state index in [1.807, 2.05) is 12.1 Å².